The Kier molecular flexibility index (Phi) is 5.23. The zero-order valence-electron chi connectivity index (χ0n) is 12.4. The molecule has 0 saturated carbocycles. The number of nitrogens with one attached hydrogen (secondary N) is 1. The molecular formula is C16H26N2O. The van der Waals surface area contributed by atoms with E-state index in [-0.39, 0.29) is 0 Å². The predicted molar refractivity (Wildman–Crippen MR) is 79.9 cm³/mol. The van der Waals surface area contributed by atoms with E-state index >= 15 is 0 Å². The highest BCUT2D eigenvalue weighted by Gasteiger charge is 2.18. The van der Waals surface area contributed by atoms with E-state index in [1.807, 2.05) is 0 Å². The van der Waals surface area contributed by atoms with Crippen LogP contribution in [0.5, 0.6) is 5.75 Å². The van der Waals surface area contributed by atoms with Gasteiger partial charge in [0.25, 0.3) is 0 Å². The Morgan fingerprint density at radius 2 is 2.21 bits per heavy atom. The summed E-state index contributed by atoms with van der Waals surface area (Å²) >= 11 is 0. The summed E-state index contributed by atoms with van der Waals surface area (Å²) in [6, 6.07) is 7.09. The molecule has 1 N–H and O–H groups in total. The number of aryl methyl sites for hydroxylation is 2. The second-order valence-corrected chi connectivity index (χ2v) is 5.60. The van der Waals surface area contributed by atoms with Gasteiger partial charge in [-0.15, -0.1) is 0 Å². The van der Waals surface area contributed by atoms with E-state index in [0.717, 1.165) is 38.4 Å². The summed E-state index contributed by atoms with van der Waals surface area (Å²) in [6.07, 6.45) is 2.36. The Bertz CT molecular complexity index is 400. The Hall–Kier alpha value is -1.06. The van der Waals surface area contributed by atoms with Gasteiger partial charge in [0.15, 0.2) is 0 Å². The smallest absolute Gasteiger partial charge is 0.122 e. The predicted octanol–water partition coefficient (Wildman–Crippen LogP) is 2.37. The second kappa shape index (κ2) is 6.92. The molecule has 1 atom stereocenters. The molecule has 3 heteroatoms. The third-order valence-corrected chi connectivity index (χ3v) is 3.91. The van der Waals surface area contributed by atoms with Crippen LogP contribution >= 0.6 is 0 Å². The number of likely N-dealkylation sites (N-methyl/N-ethyl adjacent to an activating group) is 1. The van der Waals surface area contributed by atoms with Crippen LogP contribution in [0.25, 0.3) is 0 Å². The van der Waals surface area contributed by atoms with E-state index in [1.165, 1.54) is 17.5 Å². The molecule has 3 nitrogen and oxygen atoms in total. The third-order valence-electron chi connectivity index (χ3n) is 3.91. The summed E-state index contributed by atoms with van der Waals surface area (Å²) < 4.78 is 5.89. The molecule has 1 aromatic carbocycles. The first-order valence-electron chi connectivity index (χ1n) is 7.28. The van der Waals surface area contributed by atoms with Crippen molar-refractivity contribution in [2.24, 2.45) is 0 Å². The molecule has 0 aromatic heterocycles. The van der Waals surface area contributed by atoms with Gasteiger partial charge < -0.3 is 15.0 Å². The monoisotopic (exact) mass is 262 g/mol. The van der Waals surface area contributed by atoms with Crippen molar-refractivity contribution in [1.29, 1.82) is 0 Å². The molecule has 0 bridgehead atoms. The number of benzene rings is 1. The van der Waals surface area contributed by atoms with Crippen LogP contribution in [0.2, 0.25) is 0 Å². The van der Waals surface area contributed by atoms with E-state index in [0.29, 0.717) is 6.04 Å². The summed E-state index contributed by atoms with van der Waals surface area (Å²) in [5, 5.41) is 3.41. The minimum absolute atomic E-state index is 0.709. The first kappa shape index (κ1) is 14.4. The Balaban J connectivity index is 1.70. The van der Waals surface area contributed by atoms with Crippen molar-refractivity contribution < 1.29 is 4.74 Å². The molecule has 106 valence electrons. The second-order valence-electron chi connectivity index (χ2n) is 5.60. The maximum Gasteiger partial charge on any atom is 0.122 e. The van der Waals surface area contributed by atoms with Crippen molar-refractivity contribution >= 4 is 0 Å². The summed E-state index contributed by atoms with van der Waals surface area (Å²) in [6.45, 7) is 8.41. The maximum absolute atomic E-state index is 5.89. The van der Waals surface area contributed by atoms with Crippen molar-refractivity contribution in [2.75, 3.05) is 33.3 Å². The first-order chi connectivity index (χ1) is 9.16. The lowest BCUT2D eigenvalue weighted by atomic mass is 10.1. The summed E-state index contributed by atoms with van der Waals surface area (Å²) in [7, 11) is 2.22. The number of nitrogens with zero attached hydrogens (tertiary/aromatic N) is 1. The lowest BCUT2D eigenvalue weighted by Crippen LogP contribution is -2.34. The van der Waals surface area contributed by atoms with E-state index in [2.05, 4.69) is 49.3 Å². The topological polar surface area (TPSA) is 24.5 Å². The molecule has 1 aliphatic heterocycles. The highest BCUT2D eigenvalue weighted by Crippen LogP contribution is 2.19. The molecule has 19 heavy (non-hydrogen) atoms. The van der Waals surface area contributed by atoms with Gasteiger partial charge in [-0.3, -0.25) is 0 Å². The fourth-order valence-electron chi connectivity index (χ4n) is 2.56. The molecule has 0 aliphatic carbocycles. The average molecular weight is 262 g/mol. The fraction of sp³-hybridized carbons (Fsp3) is 0.625. The fourth-order valence-corrected chi connectivity index (χ4v) is 2.56. The van der Waals surface area contributed by atoms with Crippen LogP contribution in [0, 0.1) is 13.8 Å². The minimum Gasteiger partial charge on any atom is -0.493 e. The molecule has 0 amide bonds. The Morgan fingerprint density at radius 3 is 2.95 bits per heavy atom. The summed E-state index contributed by atoms with van der Waals surface area (Å²) in [5.41, 5.74) is 2.48. The van der Waals surface area contributed by atoms with E-state index in [4.69, 9.17) is 4.74 Å². The number of rotatable bonds is 6. The van der Waals surface area contributed by atoms with Crippen LogP contribution in [0.4, 0.5) is 0 Å². The molecule has 0 spiro atoms. The average Bonchev–Trinajstić information content (AvgIpc) is 2.92. The molecule has 1 unspecified atom stereocenters. The van der Waals surface area contributed by atoms with E-state index in [1.54, 1.807) is 0 Å². The van der Waals surface area contributed by atoms with Gasteiger partial charge in [-0.2, -0.15) is 0 Å². The van der Waals surface area contributed by atoms with Crippen LogP contribution in [0.3, 0.4) is 0 Å². The van der Waals surface area contributed by atoms with Crippen LogP contribution in [-0.4, -0.2) is 44.2 Å². The maximum atomic E-state index is 5.89. The first-order valence-corrected chi connectivity index (χ1v) is 7.28. The van der Waals surface area contributed by atoms with Gasteiger partial charge in [0.2, 0.25) is 0 Å². The van der Waals surface area contributed by atoms with Gasteiger partial charge in [-0.1, -0.05) is 12.1 Å². The van der Waals surface area contributed by atoms with Gasteiger partial charge >= 0.3 is 0 Å². The molecule has 1 aliphatic rings. The van der Waals surface area contributed by atoms with Gasteiger partial charge in [-0.25, -0.2) is 0 Å². The molecule has 1 aromatic rings. The van der Waals surface area contributed by atoms with Crippen molar-refractivity contribution in [3.63, 3.8) is 0 Å². The summed E-state index contributed by atoms with van der Waals surface area (Å²) in [4.78, 5) is 2.45. The highest BCUT2D eigenvalue weighted by molar-refractivity contribution is 5.35. The third kappa shape index (κ3) is 4.22. The number of hydrogen-bond donors (Lipinski definition) is 1. The molecule has 1 heterocycles. The standard InChI is InChI=1S/C16H26N2O/c1-13-5-6-14(2)16(11-13)19-10-4-9-18(3)15-7-8-17-12-15/h5-6,11,15,17H,4,7-10,12H2,1-3H3. The molecule has 1 fully saturated rings. The van der Waals surface area contributed by atoms with Gasteiger partial charge in [0, 0.05) is 19.1 Å². The van der Waals surface area contributed by atoms with Gasteiger partial charge in [0.05, 0.1) is 6.61 Å². The summed E-state index contributed by atoms with van der Waals surface area (Å²) in [5.74, 6) is 1.03. The van der Waals surface area contributed by atoms with Gasteiger partial charge in [-0.05, 0) is 57.5 Å². The van der Waals surface area contributed by atoms with Crippen LogP contribution in [0.1, 0.15) is 24.0 Å². The van der Waals surface area contributed by atoms with Crippen molar-refractivity contribution in [3.8, 4) is 5.75 Å². The molecular weight excluding hydrogens is 236 g/mol. The normalized spacial score (nSPS) is 19.1. The number of hydrogen-bond acceptors (Lipinski definition) is 3. The lowest BCUT2D eigenvalue weighted by molar-refractivity contribution is 0.223. The van der Waals surface area contributed by atoms with E-state index < -0.39 is 0 Å². The zero-order chi connectivity index (χ0) is 13.7. The Morgan fingerprint density at radius 1 is 1.37 bits per heavy atom. The Labute approximate surface area is 116 Å². The lowest BCUT2D eigenvalue weighted by Gasteiger charge is -2.23. The molecule has 0 radical (unpaired) electrons. The van der Waals surface area contributed by atoms with Crippen LogP contribution < -0.4 is 10.1 Å². The minimum atomic E-state index is 0.709. The zero-order valence-corrected chi connectivity index (χ0v) is 12.4. The van der Waals surface area contributed by atoms with Crippen molar-refractivity contribution in [3.05, 3.63) is 29.3 Å². The molecule has 2 rings (SSSR count). The molecule has 1 saturated heterocycles. The van der Waals surface area contributed by atoms with Crippen molar-refractivity contribution in [2.45, 2.75) is 32.7 Å². The highest BCUT2D eigenvalue weighted by atomic mass is 16.5. The SMILES string of the molecule is Cc1ccc(C)c(OCCCN(C)C2CCNC2)c1. The van der Waals surface area contributed by atoms with Gasteiger partial charge in [0.1, 0.15) is 5.75 Å². The quantitative estimate of drug-likeness (QED) is 0.797. The largest absolute Gasteiger partial charge is 0.493 e. The van der Waals surface area contributed by atoms with Crippen LogP contribution in [-0.2, 0) is 0 Å². The van der Waals surface area contributed by atoms with Crippen LogP contribution in [0.15, 0.2) is 18.2 Å². The van der Waals surface area contributed by atoms with Crippen molar-refractivity contribution in [1.82, 2.24) is 10.2 Å². The van der Waals surface area contributed by atoms with E-state index in [9.17, 15) is 0 Å². The number of ether oxygens (including phenoxy) is 1.